The van der Waals surface area contributed by atoms with Crippen LogP contribution in [-0.4, -0.2) is 28.2 Å². The lowest BCUT2D eigenvalue weighted by Gasteiger charge is -2.07. The number of hydrogen-bond acceptors (Lipinski definition) is 4. The average molecular weight is 282 g/mol. The molecule has 1 amide bonds. The van der Waals surface area contributed by atoms with Gasteiger partial charge in [-0.2, -0.15) is 5.10 Å². The molecule has 0 fully saturated rings. The van der Waals surface area contributed by atoms with Crippen molar-refractivity contribution in [3.05, 3.63) is 53.9 Å². The number of rotatable bonds is 4. The minimum absolute atomic E-state index is 0.238. The lowest BCUT2D eigenvalue weighted by molar-refractivity contribution is 0.0947. The summed E-state index contributed by atoms with van der Waals surface area (Å²) >= 11 is 0. The quantitative estimate of drug-likeness (QED) is 0.766. The number of hydrogen-bond donors (Lipinski definition) is 2. The van der Waals surface area contributed by atoms with E-state index in [9.17, 15) is 4.79 Å². The molecule has 0 aliphatic carbocycles. The first-order valence-corrected chi connectivity index (χ1v) is 6.49. The number of nitrogens with zero attached hydrogens (tertiary/aromatic N) is 2. The Morgan fingerprint density at radius 2 is 2.14 bits per heavy atom. The third-order valence-electron chi connectivity index (χ3n) is 3.17. The van der Waals surface area contributed by atoms with Gasteiger partial charge >= 0.3 is 0 Å². The van der Waals surface area contributed by atoms with E-state index >= 15 is 0 Å². The van der Waals surface area contributed by atoms with Crippen molar-refractivity contribution in [3.8, 4) is 5.88 Å². The Balaban J connectivity index is 1.78. The second kappa shape index (κ2) is 5.62. The summed E-state index contributed by atoms with van der Waals surface area (Å²) < 4.78 is 5.15. The van der Waals surface area contributed by atoms with E-state index in [0.29, 0.717) is 18.1 Å². The Bertz CT molecular complexity index is 782. The maximum absolute atomic E-state index is 12.2. The van der Waals surface area contributed by atoms with Gasteiger partial charge in [0.05, 0.1) is 12.6 Å². The van der Waals surface area contributed by atoms with Gasteiger partial charge in [0.2, 0.25) is 5.88 Å². The Morgan fingerprint density at radius 3 is 3.00 bits per heavy atom. The topological polar surface area (TPSA) is 79.9 Å². The molecule has 0 radical (unpaired) electrons. The molecule has 1 aromatic carbocycles. The molecule has 0 spiro atoms. The van der Waals surface area contributed by atoms with Gasteiger partial charge < -0.3 is 10.1 Å². The van der Waals surface area contributed by atoms with Crippen molar-refractivity contribution in [1.29, 1.82) is 0 Å². The van der Waals surface area contributed by atoms with Crippen molar-refractivity contribution >= 4 is 16.8 Å². The normalized spacial score (nSPS) is 10.5. The SMILES string of the molecule is COc1ncccc1CNC(=O)c1n[nH]c2ccccc12. The number of methoxy groups -OCH3 is 1. The molecule has 0 aliphatic heterocycles. The predicted octanol–water partition coefficient (Wildman–Crippen LogP) is 1.90. The summed E-state index contributed by atoms with van der Waals surface area (Å²) in [5, 5.41) is 10.5. The number of aromatic amines is 1. The molecule has 0 unspecified atom stereocenters. The van der Waals surface area contributed by atoms with Crippen molar-refractivity contribution < 1.29 is 9.53 Å². The second-order valence-electron chi connectivity index (χ2n) is 4.47. The number of carbonyl (C=O) groups excluding carboxylic acids is 1. The van der Waals surface area contributed by atoms with Gasteiger partial charge in [0, 0.05) is 23.7 Å². The van der Waals surface area contributed by atoms with Crippen LogP contribution >= 0.6 is 0 Å². The third-order valence-corrected chi connectivity index (χ3v) is 3.17. The number of para-hydroxylation sites is 1. The number of benzene rings is 1. The highest BCUT2D eigenvalue weighted by Gasteiger charge is 2.14. The molecule has 2 heterocycles. The zero-order valence-corrected chi connectivity index (χ0v) is 11.5. The molecule has 2 aromatic heterocycles. The highest BCUT2D eigenvalue weighted by atomic mass is 16.5. The van der Waals surface area contributed by atoms with Gasteiger partial charge in [-0.05, 0) is 12.1 Å². The van der Waals surface area contributed by atoms with Crippen LogP contribution in [0.1, 0.15) is 16.1 Å². The van der Waals surface area contributed by atoms with E-state index in [1.165, 1.54) is 0 Å². The summed E-state index contributed by atoms with van der Waals surface area (Å²) in [5.74, 6) is 0.267. The Labute approximate surface area is 121 Å². The molecule has 0 atom stereocenters. The van der Waals surface area contributed by atoms with Crippen LogP contribution in [0.25, 0.3) is 10.9 Å². The van der Waals surface area contributed by atoms with Crippen LogP contribution in [0.4, 0.5) is 0 Å². The number of amides is 1. The zero-order valence-electron chi connectivity index (χ0n) is 11.5. The van der Waals surface area contributed by atoms with E-state index in [-0.39, 0.29) is 5.91 Å². The van der Waals surface area contributed by atoms with E-state index in [1.807, 2.05) is 30.3 Å². The molecular formula is C15H14N4O2. The van der Waals surface area contributed by atoms with Crippen LogP contribution in [0.3, 0.4) is 0 Å². The Morgan fingerprint density at radius 1 is 1.29 bits per heavy atom. The van der Waals surface area contributed by atoms with Gasteiger partial charge in [0.15, 0.2) is 5.69 Å². The zero-order chi connectivity index (χ0) is 14.7. The van der Waals surface area contributed by atoms with Crippen molar-refractivity contribution in [2.75, 3.05) is 7.11 Å². The fourth-order valence-corrected chi connectivity index (χ4v) is 2.14. The summed E-state index contributed by atoms with van der Waals surface area (Å²) in [6.45, 7) is 0.330. The molecular weight excluding hydrogens is 268 g/mol. The van der Waals surface area contributed by atoms with Gasteiger partial charge in [-0.15, -0.1) is 0 Å². The first-order valence-electron chi connectivity index (χ1n) is 6.49. The smallest absolute Gasteiger partial charge is 0.272 e. The maximum Gasteiger partial charge on any atom is 0.272 e. The van der Waals surface area contributed by atoms with Crippen LogP contribution in [0.15, 0.2) is 42.6 Å². The highest BCUT2D eigenvalue weighted by molar-refractivity contribution is 6.04. The maximum atomic E-state index is 12.2. The molecule has 106 valence electrons. The van der Waals surface area contributed by atoms with E-state index in [0.717, 1.165) is 16.5 Å². The molecule has 0 saturated heterocycles. The van der Waals surface area contributed by atoms with Gasteiger partial charge in [0.1, 0.15) is 0 Å². The molecule has 3 rings (SSSR count). The van der Waals surface area contributed by atoms with E-state index in [2.05, 4.69) is 20.5 Å². The molecule has 0 bridgehead atoms. The lowest BCUT2D eigenvalue weighted by atomic mass is 10.2. The minimum Gasteiger partial charge on any atom is -0.481 e. The lowest BCUT2D eigenvalue weighted by Crippen LogP contribution is -2.23. The molecule has 21 heavy (non-hydrogen) atoms. The molecule has 6 nitrogen and oxygen atoms in total. The second-order valence-corrected chi connectivity index (χ2v) is 4.47. The minimum atomic E-state index is -0.238. The summed E-state index contributed by atoms with van der Waals surface area (Å²) in [7, 11) is 1.55. The molecule has 2 N–H and O–H groups in total. The summed E-state index contributed by atoms with van der Waals surface area (Å²) in [6, 6.07) is 11.2. The van der Waals surface area contributed by atoms with Crippen LogP contribution in [0.2, 0.25) is 0 Å². The average Bonchev–Trinajstić information content (AvgIpc) is 2.97. The van der Waals surface area contributed by atoms with E-state index in [1.54, 1.807) is 19.4 Å². The van der Waals surface area contributed by atoms with Crippen molar-refractivity contribution in [1.82, 2.24) is 20.5 Å². The largest absolute Gasteiger partial charge is 0.481 e. The number of pyridine rings is 1. The number of fused-ring (bicyclic) bond motifs is 1. The highest BCUT2D eigenvalue weighted by Crippen LogP contribution is 2.16. The third kappa shape index (κ3) is 2.55. The van der Waals surface area contributed by atoms with Crippen LogP contribution < -0.4 is 10.1 Å². The number of H-pyrrole nitrogens is 1. The van der Waals surface area contributed by atoms with Gasteiger partial charge in [-0.1, -0.05) is 24.3 Å². The van der Waals surface area contributed by atoms with Crippen LogP contribution in [0.5, 0.6) is 5.88 Å². The van der Waals surface area contributed by atoms with Gasteiger partial charge in [0.25, 0.3) is 5.91 Å². The number of nitrogens with one attached hydrogen (secondary N) is 2. The fourth-order valence-electron chi connectivity index (χ4n) is 2.14. The number of ether oxygens (including phenoxy) is 1. The summed E-state index contributed by atoms with van der Waals surface area (Å²) in [5.41, 5.74) is 2.03. The molecule has 0 aliphatic rings. The van der Waals surface area contributed by atoms with Gasteiger partial charge in [-0.3, -0.25) is 9.89 Å². The molecule has 0 saturated carbocycles. The first kappa shape index (κ1) is 13.1. The molecule has 6 heteroatoms. The fraction of sp³-hybridized carbons (Fsp3) is 0.133. The van der Waals surface area contributed by atoms with E-state index in [4.69, 9.17) is 4.74 Å². The summed E-state index contributed by atoms with van der Waals surface area (Å²) in [6.07, 6.45) is 1.64. The van der Waals surface area contributed by atoms with Crippen molar-refractivity contribution in [2.24, 2.45) is 0 Å². The Kier molecular flexibility index (Phi) is 3.51. The monoisotopic (exact) mass is 282 g/mol. The number of aromatic nitrogens is 3. The van der Waals surface area contributed by atoms with E-state index < -0.39 is 0 Å². The number of carbonyl (C=O) groups is 1. The first-order chi connectivity index (χ1) is 10.3. The molecule has 3 aromatic rings. The van der Waals surface area contributed by atoms with Crippen molar-refractivity contribution in [2.45, 2.75) is 6.54 Å². The predicted molar refractivity (Wildman–Crippen MR) is 78.1 cm³/mol. The van der Waals surface area contributed by atoms with Crippen molar-refractivity contribution in [3.63, 3.8) is 0 Å². The van der Waals surface area contributed by atoms with Gasteiger partial charge in [-0.25, -0.2) is 4.98 Å². The Hall–Kier alpha value is -2.89. The van der Waals surface area contributed by atoms with Crippen LogP contribution in [-0.2, 0) is 6.54 Å². The van der Waals surface area contributed by atoms with Crippen LogP contribution in [0, 0.1) is 0 Å². The summed E-state index contributed by atoms with van der Waals surface area (Å²) in [4.78, 5) is 16.3. The standard InChI is InChI=1S/C15H14N4O2/c1-21-15-10(5-4-8-16-15)9-17-14(20)13-11-6-2-3-7-12(11)18-19-13/h2-8H,9H2,1H3,(H,17,20)(H,18,19).